The van der Waals surface area contributed by atoms with E-state index < -0.39 is 15.7 Å². The second kappa shape index (κ2) is 3.78. The van der Waals surface area contributed by atoms with E-state index in [1.165, 1.54) is 11.8 Å². The molecule has 0 aromatic heterocycles. The van der Waals surface area contributed by atoms with Gasteiger partial charge in [0.05, 0.1) is 5.03 Å². The fraction of sp³-hybridized carbons (Fsp3) is 0.400. The van der Waals surface area contributed by atoms with E-state index in [9.17, 15) is 4.79 Å². The van der Waals surface area contributed by atoms with Crippen molar-refractivity contribution in [2.75, 3.05) is 0 Å². The molecule has 0 radical (unpaired) electrons. The second-order valence-electron chi connectivity index (χ2n) is 4.01. The molecule has 3 N–H and O–H groups in total. The molecule has 0 saturated heterocycles. The summed E-state index contributed by atoms with van der Waals surface area (Å²) in [6.45, 7) is 3.56. The number of carbonyl (C=O) groups is 1. The van der Waals surface area contributed by atoms with Crippen LogP contribution in [0.1, 0.15) is 0 Å². The van der Waals surface area contributed by atoms with Crippen molar-refractivity contribution < 1.29 is 9.90 Å². The predicted octanol–water partition coefficient (Wildman–Crippen LogP) is -3.46. The van der Waals surface area contributed by atoms with E-state index in [4.69, 9.17) is 10.8 Å². The first-order valence-corrected chi connectivity index (χ1v) is 4.79. The number of hydrogen-bond acceptors (Lipinski definition) is 3. The third-order valence-corrected chi connectivity index (χ3v) is 3.71. The molecule has 0 atom stereocenters. The van der Waals surface area contributed by atoms with E-state index in [0.29, 0.717) is 5.03 Å². The Morgan fingerprint density at radius 3 is 2.00 bits per heavy atom. The summed E-state index contributed by atoms with van der Waals surface area (Å²) >= 11 is 1.29. The number of carboxylic acid groups (broad SMARTS) is 1. The molecule has 0 saturated carbocycles. The molecule has 0 spiro atoms. The fourth-order valence-corrected chi connectivity index (χ4v) is 1.71. The van der Waals surface area contributed by atoms with Gasteiger partial charge in [-0.1, -0.05) is 6.58 Å². The summed E-state index contributed by atoms with van der Waals surface area (Å²) in [7, 11) is 7.07. The van der Waals surface area contributed by atoms with Gasteiger partial charge in [-0.15, -0.1) is 11.8 Å². The SMILES string of the molecule is BC(B)(SC(=C)N)C(B)(B)C(=O)O. The number of hydrogen-bond donors (Lipinski definition) is 2. The average molecular weight is 194 g/mol. The van der Waals surface area contributed by atoms with Gasteiger partial charge in [-0.05, 0) is 4.55 Å². The maximum Gasteiger partial charge on any atom is 0.293 e. The quantitative estimate of drug-likeness (QED) is 0.457. The Morgan fingerprint density at radius 2 is 1.77 bits per heavy atom. The van der Waals surface area contributed by atoms with Gasteiger partial charge in [0, 0.05) is 5.21 Å². The van der Waals surface area contributed by atoms with Gasteiger partial charge in [-0.2, -0.15) is 0 Å². The van der Waals surface area contributed by atoms with Crippen LogP contribution in [0.5, 0.6) is 0 Å². The van der Waals surface area contributed by atoms with Crippen molar-refractivity contribution in [3.8, 4) is 0 Å². The molecule has 13 heavy (non-hydrogen) atoms. The van der Waals surface area contributed by atoms with E-state index in [-0.39, 0.29) is 0 Å². The second-order valence-corrected chi connectivity index (χ2v) is 5.76. The molecule has 0 fully saturated rings. The van der Waals surface area contributed by atoms with Gasteiger partial charge in [0.15, 0.2) is 0 Å². The molecule has 0 aliphatic rings. The number of nitrogens with two attached hydrogens (primary N) is 1. The Bertz CT molecular complexity index is 243. The third kappa shape index (κ3) is 2.79. The van der Waals surface area contributed by atoms with E-state index in [1.54, 1.807) is 15.7 Å². The first kappa shape index (κ1) is 12.6. The number of carboxylic acids is 1. The summed E-state index contributed by atoms with van der Waals surface area (Å²) < 4.78 is -0.468. The van der Waals surface area contributed by atoms with Crippen LogP contribution in [-0.2, 0) is 4.79 Å². The largest absolute Gasteiger partial charge is 0.482 e. The summed E-state index contributed by atoms with van der Waals surface area (Å²) in [5, 5.41) is 8.62. The summed E-state index contributed by atoms with van der Waals surface area (Å²) in [4.78, 5) is 11.0. The summed E-state index contributed by atoms with van der Waals surface area (Å²) in [6, 6.07) is 0. The Hall–Kier alpha value is -0.380. The first-order valence-electron chi connectivity index (χ1n) is 3.98. The Kier molecular flexibility index (Phi) is 3.67. The summed E-state index contributed by atoms with van der Waals surface area (Å²) in [5.41, 5.74) is 5.45. The molecule has 3 nitrogen and oxygen atoms in total. The lowest BCUT2D eigenvalue weighted by Gasteiger charge is -2.38. The van der Waals surface area contributed by atoms with Crippen LogP contribution in [0.4, 0.5) is 0 Å². The molecule has 0 unspecified atom stereocenters. The first-order chi connectivity index (χ1) is 5.61. The van der Waals surface area contributed by atoms with Crippen LogP contribution in [0.2, 0.25) is 5.21 Å². The highest BCUT2D eigenvalue weighted by Gasteiger charge is 2.43. The van der Waals surface area contributed by atoms with E-state index >= 15 is 0 Å². The Morgan fingerprint density at radius 1 is 1.38 bits per heavy atom. The lowest BCUT2D eigenvalue weighted by molar-refractivity contribution is -0.138. The highest BCUT2D eigenvalue weighted by Crippen LogP contribution is 2.40. The van der Waals surface area contributed by atoms with Gasteiger partial charge in [0.1, 0.15) is 31.4 Å². The van der Waals surface area contributed by atoms with Crippen molar-refractivity contribution in [1.82, 2.24) is 0 Å². The molecular weight excluding hydrogens is 181 g/mol. The maximum atomic E-state index is 11.0. The lowest BCUT2D eigenvalue weighted by atomic mass is 9.37. The molecule has 68 valence electrons. The van der Waals surface area contributed by atoms with Crippen molar-refractivity contribution in [2.24, 2.45) is 5.73 Å². The van der Waals surface area contributed by atoms with E-state index in [0.717, 1.165) is 0 Å². The van der Waals surface area contributed by atoms with Crippen LogP contribution >= 0.6 is 11.8 Å². The van der Waals surface area contributed by atoms with Crippen molar-refractivity contribution in [1.29, 1.82) is 0 Å². The van der Waals surface area contributed by atoms with E-state index in [1.807, 2.05) is 15.7 Å². The van der Waals surface area contributed by atoms with Crippen LogP contribution in [0, 0.1) is 0 Å². The number of rotatable bonds is 4. The van der Waals surface area contributed by atoms with Crippen molar-refractivity contribution in [3.05, 3.63) is 11.6 Å². The predicted molar refractivity (Wildman–Crippen MR) is 68.2 cm³/mol. The van der Waals surface area contributed by atoms with Crippen LogP contribution in [-0.4, -0.2) is 47.0 Å². The molecule has 0 amide bonds. The standard InChI is InChI=1S/C5H13B4NO2S/c1-2(10)13-5(8,9)4(6,7)3(11)12/h1,6-10H2,(H,11,12). The zero-order chi connectivity index (χ0) is 10.9. The molecule has 0 rings (SSSR count). The van der Waals surface area contributed by atoms with Crippen LogP contribution < -0.4 is 5.73 Å². The molecule has 0 aliphatic carbocycles. The zero-order valence-corrected chi connectivity index (χ0v) is 9.36. The highest BCUT2D eigenvalue weighted by molar-refractivity contribution is 8.06. The van der Waals surface area contributed by atoms with Crippen LogP contribution in [0.3, 0.4) is 0 Å². The monoisotopic (exact) mass is 195 g/mol. The average Bonchev–Trinajstić information content (AvgIpc) is 1.83. The van der Waals surface area contributed by atoms with Gasteiger partial charge < -0.3 is 10.8 Å². The molecular formula is C5H13B4NO2S. The van der Waals surface area contributed by atoms with Crippen LogP contribution in [0.25, 0.3) is 0 Å². The smallest absolute Gasteiger partial charge is 0.293 e. The minimum atomic E-state index is -0.833. The van der Waals surface area contributed by atoms with Gasteiger partial charge in [-0.3, -0.25) is 4.79 Å². The third-order valence-electron chi connectivity index (χ3n) is 2.43. The topological polar surface area (TPSA) is 63.3 Å². The normalized spacial score (nSPS) is 12.3. The van der Waals surface area contributed by atoms with Crippen molar-refractivity contribution in [3.63, 3.8) is 0 Å². The summed E-state index contributed by atoms with van der Waals surface area (Å²) in [6.07, 6.45) is 0. The molecule has 0 aromatic rings. The number of thioether (sulfide) groups is 1. The minimum Gasteiger partial charge on any atom is -0.482 e. The highest BCUT2D eigenvalue weighted by atomic mass is 32.2. The summed E-state index contributed by atoms with van der Waals surface area (Å²) in [5.74, 6) is -0.828. The molecule has 0 bridgehead atoms. The Labute approximate surface area is 86.5 Å². The van der Waals surface area contributed by atoms with Crippen molar-refractivity contribution >= 4 is 49.1 Å². The molecule has 0 heterocycles. The lowest BCUT2D eigenvalue weighted by Crippen LogP contribution is -2.47. The van der Waals surface area contributed by atoms with E-state index in [2.05, 4.69) is 6.58 Å². The van der Waals surface area contributed by atoms with Gasteiger partial charge >= 0.3 is 0 Å². The van der Waals surface area contributed by atoms with Crippen LogP contribution in [0.15, 0.2) is 11.6 Å². The van der Waals surface area contributed by atoms with Gasteiger partial charge in [-0.25, -0.2) is 0 Å². The number of aliphatic carboxylic acids is 1. The van der Waals surface area contributed by atoms with Gasteiger partial charge in [0.2, 0.25) is 0 Å². The molecule has 0 aromatic carbocycles. The zero-order valence-electron chi connectivity index (χ0n) is 8.55. The maximum absolute atomic E-state index is 11.0. The molecule has 8 heteroatoms. The molecule has 0 aliphatic heterocycles. The van der Waals surface area contributed by atoms with Gasteiger partial charge in [0.25, 0.3) is 5.97 Å². The van der Waals surface area contributed by atoms with Crippen molar-refractivity contribution in [2.45, 2.75) is 9.76 Å². The fourth-order valence-electron chi connectivity index (χ4n) is 0.713. The Balaban J connectivity index is 4.80. The minimum absolute atomic E-state index is 0.444.